The molecule has 0 heterocycles. The number of halogens is 4. The zero-order valence-corrected chi connectivity index (χ0v) is 11.9. The normalized spacial score (nSPS) is 13.1. The van der Waals surface area contributed by atoms with Crippen molar-refractivity contribution in [2.45, 2.75) is 11.1 Å². The molecule has 0 saturated carbocycles. The second-order valence-corrected chi connectivity index (χ2v) is 4.24. The van der Waals surface area contributed by atoms with Crippen molar-refractivity contribution in [1.29, 1.82) is 0 Å². The monoisotopic (exact) mass is 311 g/mol. The van der Waals surface area contributed by atoms with Crippen LogP contribution in [-0.4, -0.2) is 38.3 Å². The van der Waals surface area contributed by atoms with Gasteiger partial charge >= 0.3 is 6.18 Å². The minimum Gasteiger partial charge on any atom is -0.302 e. The number of hydrogen-bond acceptors (Lipinski definition) is 1. The summed E-state index contributed by atoms with van der Waals surface area (Å²) >= 11 is 0.221. The Morgan fingerprint density at radius 2 is 1.87 bits per heavy atom. The number of alkyl halides is 3. The average Bonchev–Trinajstić information content (AvgIpc) is 2.01. The van der Waals surface area contributed by atoms with Gasteiger partial charge in [0.25, 0.3) is 0 Å². The Bertz CT molecular complexity index is 383. The number of hydrogen-bond donors (Lipinski definition) is 1. The Hall–Kier alpha value is 0.600. The van der Waals surface area contributed by atoms with Crippen LogP contribution in [-0.2, 0) is 17.3 Å². The first kappa shape index (κ1) is 15.6. The van der Waals surface area contributed by atoms with Gasteiger partial charge in [0.05, 0.1) is 10.5 Å². The van der Waals surface area contributed by atoms with Gasteiger partial charge in [0.2, 0.25) is 0 Å². The van der Waals surface area contributed by atoms with Crippen LogP contribution in [0, 0.1) is 0 Å². The molecular formula is C7H4BrF3NaO2S. The fraction of sp³-hybridized carbons (Fsp3) is 0.143. The molecule has 0 aliphatic heterocycles. The molecule has 0 aliphatic carbocycles. The van der Waals surface area contributed by atoms with E-state index < -0.39 is 27.7 Å². The molecule has 0 saturated heterocycles. The first-order chi connectivity index (χ1) is 6.32. The van der Waals surface area contributed by atoms with Crippen LogP contribution >= 0.6 is 15.9 Å². The van der Waals surface area contributed by atoms with Crippen molar-refractivity contribution < 1.29 is 21.9 Å². The molecule has 1 unspecified atom stereocenters. The fourth-order valence-corrected chi connectivity index (χ4v) is 1.78. The van der Waals surface area contributed by atoms with Crippen LogP contribution < -0.4 is 0 Å². The molecule has 1 rings (SSSR count). The maximum Gasteiger partial charge on any atom is 0.417 e. The Morgan fingerprint density at radius 1 is 1.33 bits per heavy atom. The SMILES string of the molecule is O=S(O)c1ccc(Br)cc1C(F)(F)F.[Na]. The molecule has 0 amide bonds. The zero-order chi connectivity index (χ0) is 10.9. The predicted octanol–water partition coefficient (Wildman–Crippen LogP) is 2.67. The van der Waals surface area contributed by atoms with E-state index in [2.05, 4.69) is 15.9 Å². The van der Waals surface area contributed by atoms with E-state index in [1.165, 1.54) is 6.07 Å². The molecule has 1 aromatic rings. The first-order valence-corrected chi connectivity index (χ1v) is 5.20. The van der Waals surface area contributed by atoms with Crippen LogP contribution in [0.5, 0.6) is 0 Å². The maximum atomic E-state index is 12.3. The smallest absolute Gasteiger partial charge is 0.302 e. The Kier molecular flexibility index (Phi) is 6.02. The molecular weight excluding hydrogens is 308 g/mol. The molecule has 79 valence electrons. The minimum absolute atomic E-state index is 0. The molecule has 8 heteroatoms. The molecule has 0 aromatic heterocycles. The van der Waals surface area contributed by atoms with Crippen LogP contribution in [0.1, 0.15) is 5.56 Å². The molecule has 1 radical (unpaired) electrons. The standard InChI is InChI=1S/C7H4BrF3O2S.Na/c8-4-1-2-6(14(12)13)5(3-4)7(9,10)11;/h1-3H,(H,12,13);. The average molecular weight is 312 g/mol. The van der Waals surface area contributed by atoms with Crippen LogP contribution in [0.15, 0.2) is 27.6 Å². The summed E-state index contributed by atoms with van der Waals surface area (Å²) in [4.78, 5) is -0.638. The summed E-state index contributed by atoms with van der Waals surface area (Å²) in [5.74, 6) is 0. The molecule has 1 aromatic carbocycles. The van der Waals surface area contributed by atoms with Gasteiger partial charge in [-0.15, -0.1) is 0 Å². The van der Waals surface area contributed by atoms with Gasteiger partial charge < -0.3 is 4.55 Å². The van der Waals surface area contributed by atoms with Gasteiger partial charge in [-0.3, -0.25) is 0 Å². The summed E-state index contributed by atoms with van der Waals surface area (Å²) in [6, 6.07) is 3.01. The van der Waals surface area contributed by atoms with Crippen molar-refractivity contribution in [3.8, 4) is 0 Å². The zero-order valence-electron chi connectivity index (χ0n) is 7.51. The molecule has 0 bridgehead atoms. The largest absolute Gasteiger partial charge is 0.417 e. The van der Waals surface area contributed by atoms with Gasteiger partial charge in [-0.1, -0.05) is 15.9 Å². The van der Waals surface area contributed by atoms with Crippen LogP contribution in [0.4, 0.5) is 13.2 Å². The van der Waals surface area contributed by atoms with Gasteiger partial charge in [-0.2, -0.15) is 13.2 Å². The van der Waals surface area contributed by atoms with Crippen molar-refractivity contribution in [1.82, 2.24) is 0 Å². The minimum atomic E-state index is -4.63. The third-order valence-corrected chi connectivity index (χ3v) is 2.66. The molecule has 2 nitrogen and oxygen atoms in total. The Balaban J connectivity index is 0.00000196. The van der Waals surface area contributed by atoms with Gasteiger partial charge in [0.1, 0.15) is 0 Å². The van der Waals surface area contributed by atoms with Gasteiger partial charge in [0.15, 0.2) is 11.1 Å². The van der Waals surface area contributed by atoms with E-state index in [9.17, 15) is 17.4 Å². The predicted molar refractivity (Wildman–Crippen MR) is 53.9 cm³/mol. The van der Waals surface area contributed by atoms with Crippen LogP contribution in [0.2, 0.25) is 0 Å². The molecule has 0 aliphatic rings. The molecule has 0 spiro atoms. The molecule has 15 heavy (non-hydrogen) atoms. The molecule has 0 fully saturated rings. The van der Waals surface area contributed by atoms with E-state index in [4.69, 9.17) is 4.55 Å². The number of benzene rings is 1. The van der Waals surface area contributed by atoms with E-state index in [-0.39, 0.29) is 34.0 Å². The molecule has 1 atom stereocenters. The summed E-state index contributed by atoms with van der Waals surface area (Å²) in [7, 11) is 0. The first-order valence-electron chi connectivity index (χ1n) is 3.30. The van der Waals surface area contributed by atoms with Crippen molar-refractivity contribution in [3.05, 3.63) is 28.2 Å². The van der Waals surface area contributed by atoms with Crippen molar-refractivity contribution in [2.24, 2.45) is 0 Å². The van der Waals surface area contributed by atoms with E-state index in [1.54, 1.807) is 0 Å². The second kappa shape index (κ2) is 5.79. The Labute approximate surface area is 117 Å². The summed E-state index contributed by atoms with van der Waals surface area (Å²) in [5, 5.41) is 0. The summed E-state index contributed by atoms with van der Waals surface area (Å²) in [5.41, 5.74) is -1.10. The van der Waals surface area contributed by atoms with Gasteiger partial charge in [-0.25, -0.2) is 4.21 Å². The van der Waals surface area contributed by atoms with E-state index in [1.807, 2.05) is 0 Å². The second-order valence-electron chi connectivity index (χ2n) is 2.39. The quantitative estimate of drug-likeness (QED) is 0.639. The Morgan fingerprint density at radius 3 is 2.27 bits per heavy atom. The van der Waals surface area contributed by atoms with Gasteiger partial charge in [-0.05, 0) is 18.2 Å². The summed E-state index contributed by atoms with van der Waals surface area (Å²) < 4.78 is 56.4. The third kappa shape index (κ3) is 4.16. The van der Waals surface area contributed by atoms with Crippen LogP contribution in [0.25, 0.3) is 0 Å². The third-order valence-electron chi connectivity index (χ3n) is 1.44. The summed E-state index contributed by atoms with van der Waals surface area (Å²) in [6.07, 6.45) is -4.63. The van der Waals surface area contributed by atoms with E-state index >= 15 is 0 Å². The fourth-order valence-electron chi connectivity index (χ4n) is 0.876. The summed E-state index contributed by atoms with van der Waals surface area (Å²) in [6.45, 7) is 0. The van der Waals surface area contributed by atoms with Crippen molar-refractivity contribution in [3.63, 3.8) is 0 Å². The van der Waals surface area contributed by atoms with Gasteiger partial charge in [0, 0.05) is 34.0 Å². The van der Waals surface area contributed by atoms with E-state index in [0.29, 0.717) is 0 Å². The van der Waals surface area contributed by atoms with Crippen molar-refractivity contribution in [2.75, 3.05) is 0 Å². The van der Waals surface area contributed by atoms with Crippen molar-refractivity contribution >= 4 is 56.6 Å². The molecule has 1 N–H and O–H groups in total. The van der Waals surface area contributed by atoms with E-state index in [0.717, 1.165) is 12.1 Å². The van der Waals surface area contributed by atoms with Crippen LogP contribution in [0.3, 0.4) is 0 Å². The topological polar surface area (TPSA) is 37.3 Å². The maximum absolute atomic E-state index is 12.3. The number of rotatable bonds is 1.